The Labute approximate surface area is 96.4 Å². The van der Waals surface area contributed by atoms with Gasteiger partial charge in [0, 0.05) is 17.6 Å². The van der Waals surface area contributed by atoms with Crippen molar-refractivity contribution in [3.05, 3.63) is 24.3 Å². The van der Waals surface area contributed by atoms with Crippen molar-refractivity contribution in [1.82, 2.24) is 0 Å². The number of benzene rings is 1. The molecule has 86 valence electrons. The van der Waals surface area contributed by atoms with Gasteiger partial charge in [0.05, 0.1) is 6.54 Å². The summed E-state index contributed by atoms with van der Waals surface area (Å²) < 4.78 is 0. The Morgan fingerprint density at radius 1 is 1.19 bits per heavy atom. The maximum absolute atomic E-state index is 9.28. The van der Waals surface area contributed by atoms with Crippen LogP contribution in [0.4, 0.5) is 5.69 Å². The van der Waals surface area contributed by atoms with Gasteiger partial charge >= 0.3 is 0 Å². The molecule has 2 rings (SSSR count). The van der Waals surface area contributed by atoms with Gasteiger partial charge < -0.3 is 10.0 Å². The third kappa shape index (κ3) is 2.03. The van der Waals surface area contributed by atoms with Crippen molar-refractivity contribution in [2.75, 3.05) is 18.0 Å². The van der Waals surface area contributed by atoms with Gasteiger partial charge in [-0.15, -0.1) is 0 Å². The number of amidine groups is 1. The van der Waals surface area contributed by atoms with E-state index >= 15 is 0 Å². The van der Waals surface area contributed by atoms with Crippen LogP contribution in [0.5, 0.6) is 5.75 Å². The van der Waals surface area contributed by atoms with Crippen molar-refractivity contribution in [1.29, 1.82) is 0 Å². The minimum Gasteiger partial charge on any atom is -0.508 e. The maximum atomic E-state index is 9.28. The molecule has 1 aromatic rings. The highest BCUT2D eigenvalue weighted by molar-refractivity contribution is 6.02. The van der Waals surface area contributed by atoms with Gasteiger partial charge in [-0.3, -0.25) is 4.99 Å². The van der Waals surface area contributed by atoms with Gasteiger partial charge in [-0.25, -0.2) is 0 Å². The molecule has 1 heterocycles. The molecule has 0 saturated carbocycles. The molecule has 16 heavy (non-hydrogen) atoms. The fourth-order valence-corrected chi connectivity index (χ4v) is 1.97. The SMILES string of the molecule is CC(C)(C)C1=NCCN1c1ccc(O)cc1. The zero-order valence-electron chi connectivity index (χ0n) is 10.1. The number of rotatable bonds is 1. The van der Waals surface area contributed by atoms with E-state index in [1.54, 1.807) is 12.1 Å². The van der Waals surface area contributed by atoms with Crippen molar-refractivity contribution in [3.8, 4) is 5.75 Å². The van der Waals surface area contributed by atoms with Crippen LogP contribution in [0, 0.1) is 5.41 Å². The fourth-order valence-electron chi connectivity index (χ4n) is 1.97. The number of hydrogen-bond acceptors (Lipinski definition) is 3. The lowest BCUT2D eigenvalue weighted by atomic mass is 9.94. The third-order valence-corrected chi connectivity index (χ3v) is 2.67. The Morgan fingerprint density at radius 2 is 1.81 bits per heavy atom. The molecule has 3 heteroatoms. The van der Waals surface area contributed by atoms with Crippen LogP contribution in [0.15, 0.2) is 29.3 Å². The summed E-state index contributed by atoms with van der Waals surface area (Å²) in [5.74, 6) is 1.43. The molecular formula is C13H18N2O. The van der Waals surface area contributed by atoms with Crippen molar-refractivity contribution in [2.45, 2.75) is 20.8 Å². The van der Waals surface area contributed by atoms with Crippen molar-refractivity contribution < 1.29 is 5.11 Å². The highest BCUT2D eigenvalue weighted by Crippen LogP contribution is 2.28. The predicted molar refractivity (Wildman–Crippen MR) is 67.2 cm³/mol. The van der Waals surface area contributed by atoms with E-state index in [9.17, 15) is 5.11 Å². The van der Waals surface area contributed by atoms with Gasteiger partial charge in [0.1, 0.15) is 11.6 Å². The number of aromatic hydroxyl groups is 1. The van der Waals surface area contributed by atoms with Crippen LogP contribution in [0.2, 0.25) is 0 Å². The molecule has 1 N–H and O–H groups in total. The second kappa shape index (κ2) is 3.81. The smallest absolute Gasteiger partial charge is 0.115 e. The molecule has 0 amide bonds. The summed E-state index contributed by atoms with van der Waals surface area (Å²) in [7, 11) is 0. The molecule has 0 radical (unpaired) electrons. The van der Waals surface area contributed by atoms with Crippen molar-refractivity contribution in [3.63, 3.8) is 0 Å². The number of phenolic OH excluding ortho intramolecular Hbond substituents is 1. The summed E-state index contributed by atoms with van der Waals surface area (Å²) >= 11 is 0. The molecule has 0 aliphatic carbocycles. The fraction of sp³-hybridized carbons (Fsp3) is 0.462. The molecule has 0 aromatic heterocycles. The molecule has 1 aliphatic rings. The molecule has 0 unspecified atom stereocenters. The first-order valence-corrected chi connectivity index (χ1v) is 5.60. The van der Waals surface area contributed by atoms with Crippen LogP contribution >= 0.6 is 0 Å². The number of hydrogen-bond donors (Lipinski definition) is 1. The first-order chi connectivity index (χ1) is 7.48. The summed E-state index contributed by atoms with van der Waals surface area (Å²) in [6, 6.07) is 7.30. The van der Waals surface area contributed by atoms with Crippen LogP contribution in [0.1, 0.15) is 20.8 Å². The predicted octanol–water partition coefficient (Wildman–Crippen LogP) is 2.66. The summed E-state index contributed by atoms with van der Waals surface area (Å²) in [5, 5.41) is 9.28. The van der Waals surface area contributed by atoms with E-state index in [2.05, 4.69) is 30.7 Å². The lowest BCUT2D eigenvalue weighted by Crippen LogP contribution is -2.36. The van der Waals surface area contributed by atoms with Crippen LogP contribution in [0.25, 0.3) is 0 Å². The number of aliphatic imine (C=N–C) groups is 1. The average Bonchev–Trinajstić information content (AvgIpc) is 2.66. The van der Waals surface area contributed by atoms with Gasteiger partial charge in [-0.1, -0.05) is 20.8 Å². The minimum absolute atomic E-state index is 0.0639. The maximum Gasteiger partial charge on any atom is 0.115 e. The summed E-state index contributed by atoms with van der Waals surface area (Å²) in [4.78, 5) is 6.79. The highest BCUT2D eigenvalue weighted by Gasteiger charge is 2.28. The van der Waals surface area contributed by atoms with Crippen LogP contribution in [0.3, 0.4) is 0 Å². The molecule has 1 aliphatic heterocycles. The Bertz CT molecular complexity index is 401. The molecule has 0 fully saturated rings. The third-order valence-electron chi connectivity index (χ3n) is 2.67. The van der Waals surface area contributed by atoms with E-state index in [1.807, 2.05) is 12.1 Å². The average molecular weight is 218 g/mol. The molecule has 3 nitrogen and oxygen atoms in total. The summed E-state index contributed by atoms with van der Waals surface area (Å²) in [6.07, 6.45) is 0. The molecule has 0 saturated heterocycles. The molecular weight excluding hydrogens is 200 g/mol. The minimum atomic E-state index is 0.0639. The van der Waals surface area contributed by atoms with Crippen molar-refractivity contribution >= 4 is 11.5 Å². The zero-order chi connectivity index (χ0) is 11.8. The monoisotopic (exact) mass is 218 g/mol. The Morgan fingerprint density at radius 3 is 2.38 bits per heavy atom. The van der Waals surface area contributed by atoms with Gasteiger partial charge in [0.2, 0.25) is 0 Å². The Kier molecular flexibility index (Phi) is 2.62. The van der Waals surface area contributed by atoms with E-state index < -0.39 is 0 Å². The Balaban J connectivity index is 2.29. The van der Waals surface area contributed by atoms with E-state index in [-0.39, 0.29) is 5.41 Å². The second-order valence-corrected chi connectivity index (χ2v) is 5.12. The van der Waals surface area contributed by atoms with Gasteiger partial charge in [0.25, 0.3) is 0 Å². The summed E-state index contributed by atoms with van der Waals surface area (Å²) in [5.41, 5.74) is 1.16. The van der Waals surface area contributed by atoms with Crippen LogP contribution in [-0.2, 0) is 0 Å². The van der Waals surface area contributed by atoms with E-state index in [1.165, 1.54) is 0 Å². The normalized spacial score (nSPS) is 16.4. The zero-order valence-corrected chi connectivity index (χ0v) is 10.1. The van der Waals surface area contributed by atoms with Gasteiger partial charge in [-0.05, 0) is 24.3 Å². The molecule has 0 bridgehead atoms. The Hall–Kier alpha value is -1.51. The standard InChI is InChI=1S/C13H18N2O/c1-13(2,3)12-14-8-9-15(12)10-4-6-11(16)7-5-10/h4-7,16H,8-9H2,1-3H3. The van der Waals surface area contributed by atoms with E-state index in [0.29, 0.717) is 5.75 Å². The number of phenols is 1. The number of anilines is 1. The van der Waals surface area contributed by atoms with E-state index in [0.717, 1.165) is 24.6 Å². The molecule has 0 atom stereocenters. The first kappa shape index (κ1) is 11.0. The lowest BCUT2D eigenvalue weighted by molar-refractivity contribution is 0.475. The van der Waals surface area contributed by atoms with Crippen LogP contribution in [-0.4, -0.2) is 24.0 Å². The largest absolute Gasteiger partial charge is 0.508 e. The van der Waals surface area contributed by atoms with E-state index in [4.69, 9.17) is 0 Å². The first-order valence-electron chi connectivity index (χ1n) is 5.60. The summed E-state index contributed by atoms with van der Waals surface area (Å²) in [6.45, 7) is 8.30. The molecule has 0 spiro atoms. The second-order valence-electron chi connectivity index (χ2n) is 5.12. The topological polar surface area (TPSA) is 35.8 Å². The van der Waals surface area contributed by atoms with Crippen molar-refractivity contribution in [2.24, 2.45) is 10.4 Å². The van der Waals surface area contributed by atoms with Gasteiger partial charge in [0.15, 0.2) is 0 Å². The number of nitrogens with zero attached hydrogens (tertiary/aromatic N) is 2. The highest BCUT2D eigenvalue weighted by atomic mass is 16.3. The lowest BCUT2D eigenvalue weighted by Gasteiger charge is -2.29. The van der Waals surface area contributed by atoms with Gasteiger partial charge in [-0.2, -0.15) is 0 Å². The van der Waals surface area contributed by atoms with Crippen LogP contribution < -0.4 is 4.90 Å². The molecule has 1 aromatic carbocycles. The quantitative estimate of drug-likeness (QED) is 0.786.